The molecular formula is C19H14O4S. The predicted octanol–water partition coefficient (Wildman–Crippen LogP) is 4.47. The second kappa shape index (κ2) is 5.76. The van der Waals surface area contributed by atoms with Crippen molar-refractivity contribution in [2.24, 2.45) is 5.92 Å². The van der Waals surface area contributed by atoms with Gasteiger partial charge in [-0.25, -0.2) is 0 Å². The van der Waals surface area contributed by atoms with Gasteiger partial charge in [0.25, 0.3) is 0 Å². The van der Waals surface area contributed by atoms with Crippen molar-refractivity contribution in [1.82, 2.24) is 0 Å². The van der Waals surface area contributed by atoms with E-state index < -0.39 is 12.0 Å². The minimum absolute atomic E-state index is 0.227. The summed E-state index contributed by atoms with van der Waals surface area (Å²) in [4.78, 5) is 26.5. The minimum Gasteiger partial charge on any atom is -0.480 e. The van der Waals surface area contributed by atoms with Crippen LogP contribution in [0.25, 0.3) is 0 Å². The highest BCUT2D eigenvalue weighted by molar-refractivity contribution is 7.12. The van der Waals surface area contributed by atoms with Gasteiger partial charge in [-0.1, -0.05) is 18.2 Å². The Hall–Kier alpha value is -2.66. The van der Waals surface area contributed by atoms with E-state index in [0.717, 1.165) is 0 Å². The van der Waals surface area contributed by atoms with E-state index in [0.29, 0.717) is 27.7 Å². The first-order valence-electron chi connectivity index (χ1n) is 7.59. The molecule has 0 fully saturated rings. The summed E-state index contributed by atoms with van der Waals surface area (Å²) in [6.45, 7) is 1.82. The summed E-state index contributed by atoms with van der Waals surface area (Å²) in [6, 6.07) is 14.1. The number of furan rings is 1. The summed E-state index contributed by atoms with van der Waals surface area (Å²) in [6.07, 6.45) is -0.754. The summed E-state index contributed by atoms with van der Waals surface area (Å²) in [5.74, 6) is 0.284. The Morgan fingerprint density at radius 3 is 2.62 bits per heavy atom. The molecular weight excluding hydrogens is 324 g/mol. The molecule has 2 aromatic heterocycles. The van der Waals surface area contributed by atoms with Crippen LogP contribution < -0.4 is 4.74 Å². The van der Waals surface area contributed by atoms with Crippen LogP contribution in [-0.4, -0.2) is 11.6 Å². The zero-order valence-electron chi connectivity index (χ0n) is 12.9. The molecule has 120 valence electrons. The number of thiophene rings is 1. The highest BCUT2D eigenvalue weighted by Crippen LogP contribution is 2.41. The maximum Gasteiger partial charge on any atom is 0.187 e. The maximum atomic E-state index is 13.0. The minimum atomic E-state index is -0.941. The third kappa shape index (κ3) is 2.37. The van der Waals surface area contributed by atoms with Gasteiger partial charge in [0, 0.05) is 0 Å². The third-order valence-electron chi connectivity index (χ3n) is 4.08. The van der Waals surface area contributed by atoms with Gasteiger partial charge in [0.15, 0.2) is 17.7 Å². The first kappa shape index (κ1) is 14.9. The SMILES string of the molecule is Cc1ccc(C2Oc3ccccc3C(=O)C2C(=O)c2cccs2)o1. The van der Waals surface area contributed by atoms with E-state index in [4.69, 9.17) is 9.15 Å². The highest BCUT2D eigenvalue weighted by atomic mass is 32.1. The molecule has 1 aromatic carbocycles. The van der Waals surface area contributed by atoms with E-state index in [9.17, 15) is 9.59 Å². The monoisotopic (exact) mass is 338 g/mol. The lowest BCUT2D eigenvalue weighted by Gasteiger charge is -2.30. The average Bonchev–Trinajstić information content (AvgIpc) is 3.26. The molecule has 1 aliphatic rings. The van der Waals surface area contributed by atoms with Gasteiger partial charge < -0.3 is 9.15 Å². The number of ketones is 2. The summed E-state index contributed by atoms with van der Waals surface area (Å²) >= 11 is 1.32. The molecule has 4 rings (SSSR count). The summed E-state index contributed by atoms with van der Waals surface area (Å²) < 4.78 is 11.7. The number of benzene rings is 1. The first-order valence-corrected chi connectivity index (χ1v) is 8.47. The van der Waals surface area contributed by atoms with Crippen LogP contribution in [0, 0.1) is 12.8 Å². The number of rotatable bonds is 3. The fourth-order valence-corrected chi connectivity index (χ4v) is 3.64. The smallest absolute Gasteiger partial charge is 0.187 e. The van der Waals surface area contributed by atoms with Gasteiger partial charge in [0.05, 0.1) is 10.4 Å². The lowest BCUT2D eigenvalue weighted by Crippen LogP contribution is -2.36. The molecule has 0 amide bonds. The number of fused-ring (bicyclic) bond motifs is 1. The Balaban J connectivity index is 1.83. The molecule has 5 heteroatoms. The average molecular weight is 338 g/mol. The Morgan fingerprint density at radius 1 is 1.08 bits per heavy atom. The van der Waals surface area contributed by atoms with Crippen molar-refractivity contribution in [2.75, 3.05) is 0 Å². The van der Waals surface area contributed by atoms with Crippen molar-refractivity contribution in [1.29, 1.82) is 0 Å². The number of carbonyl (C=O) groups excluding carboxylic acids is 2. The van der Waals surface area contributed by atoms with Gasteiger partial charge in [-0.3, -0.25) is 9.59 Å². The third-order valence-corrected chi connectivity index (χ3v) is 4.96. The van der Waals surface area contributed by atoms with E-state index in [2.05, 4.69) is 0 Å². The molecule has 2 atom stereocenters. The van der Waals surface area contributed by atoms with Crippen LogP contribution in [0.4, 0.5) is 0 Å². The zero-order chi connectivity index (χ0) is 16.7. The van der Waals surface area contributed by atoms with Crippen LogP contribution >= 0.6 is 11.3 Å². The van der Waals surface area contributed by atoms with E-state index in [-0.39, 0.29) is 11.6 Å². The van der Waals surface area contributed by atoms with Gasteiger partial charge in [-0.15, -0.1) is 11.3 Å². The molecule has 1 aliphatic heterocycles. The highest BCUT2D eigenvalue weighted by Gasteiger charge is 2.44. The van der Waals surface area contributed by atoms with E-state index in [1.807, 2.05) is 12.3 Å². The molecule has 2 unspecified atom stereocenters. The molecule has 3 aromatic rings. The summed E-state index contributed by atoms with van der Waals surface area (Å²) in [7, 11) is 0. The van der Waals surface area contributed by atoms with Crippen molar-refractivity contribution in [3.63, 3.8) is 0 Å². The second-order valence-corrected chi connectivity index (χ2v) is 6.61. The largest absolute Gasteiger partial charge is 0.480 e. The van der Waals surface area contributed by atoms with E-state index >= 15 is 0 Å². The lowest BCUT2D eigenvalue weighted by atomic mass is 9.84. The Labute approximate surface area is 142 Å². The van der Waals surface area contributed by atoms with Crippen LogP contribution in [0.3, 0.4) is 0 Å². The molecule has 0 saturated carbocycles. The number of hydrogen-bond donors (Lipinski definition) is 0. The summed E-state index contributed by atoms with van der Waals surface area (Å²) in [5.41, 5.74) is 0.437. The fourth-order valence-electron chi connectivity index (χ4n) is 2.94. The van der Waals surface area contributed by atoms with Crippen molar-refractivity contribution >= 4 is 22.9 Å². The molecule has 0 saturated heterocycles. The van der Waals surface area contributed by atoms with Crippen LogP contribution in [0.5, 0.6) is 5.75 Å². The van der Waals surface area contributed by atoms with Crippen LogP contribution in [0.1, 0.15) is 37.7 Å². The van der Waals surface area contributed by atoms with Crippen molar-refractivity contribution in [3.05, 3.63) is 75.9 Å². The standard InChI is InChI=1S/C19H14O4S/c1-11-8-9-14(22-11)19-16(18(21)15-7-4-10-24-15)17(20)12-5-2-3-6-13(12)23-19/h2-10,16,19H,1H3. The fraction of sp³-hybridized carbons (Fsp3) is 0.158. The first-order chi connectivity index (χ1) is 11.6. The summed E-state index contributed by atoms with van der Waals surface area (Å²) in [5, 5.41) is 1.82. The number of Topliss-reactive ketones (excluding diaryl/α,β-unsaturated/α-hetero) is 2. The maximum absolute atomic E-state index is 13.0. The molecule has 24 heavy (non-hydrogen) atoms. The normalized spacial score (nSPS) is 19.6. The molecule has 4 nitrogen and oxygen atoms in total. The predicted molar refractivity (Wildman–Crippen MR) is 89.7 cm³/mol. The number of aryl methyl sites for hydroxylation is 1. The molecule has 0 bridgehead atoms. The van der Waals surface area contributed by atoms with Crippen LogP contribution in [0.15, 0.2) is 58.3 Å². The lowest BCUT2D eigenvalue weighted by molar-refractivity contribution is 0.0521. The molecule has 0 N–H and O–H groups in total. The Bertz CT molecular complexity index is 907. The van der Waals surface area contributed by atoms with Crippen molar-refractivity contribution < 1.29 is 18.7 Å². The van der Waals surface area contributed by atoms with Crippen molar-refractivity contribution in [3.8, 4) is 5.75 Å². The molecule has 0 radical (unpaired) electrons. The Morgan fingerprint density at radius 2 is 1.92 bits per heavy atom. The van der Waals surface area contributed by atoms with Crippen LogP contribution in [-0.2, 0) is 0 Å². The van der Waals surface area contributed by atoms with E-state index in [1.165, 1.54) is 11.3 Å². The number of carbonyl (C=O) groups is 2. The van der Waals surface area contributed by atoms with Gasteiger partial charge >= 0.3 is 0 Å². The van der Waals surface area contributed by atoms with Crippen molar-refractivity contribution in [2.45, 2.75) is 13.0 Å². The molecule has 0 spiro atoms. The molecule has 3 heterocycles. The topological polar surface area (TPSA) is 56.5 Å². The van der Waals surface area contributed by atoms with Gasteiger partial charge in [0.1, 0.15) is 23.2 Å². The number of ether oxygens (including phenoxy) is 1. The van der Waals surface area contributed by atoms with Gasteiger partial charge in [0.2, 0.25) is 0 Å². The van der Waals surface area contributed by atoms with Gasteiger partial charge in [-0.2, -0.15) is 0 Å². The molecule has 0 aliphatic carbocycles. The second-order valence-electron chi connectivity index (χ2n) is 5.67. The zero-order valence-corrected chi connectivity index (χ0v) is 13.7. The quantitative estimate of drug-likeness (QED) is 0.522. The number of hydrogen-bond acceptors (Lipinski definition) is 5. The van der Waals surface area contributed by atoms with Crippen LogP contribution in [0.2, 0.25) is 0 Å². The number of para-hydroxylation sites is 1. The Kier molecular flexibility index (Phi) is 3.58. The van der Waals surface area contributed by atoms with E-state index in [1.54, 1.807) is 48.5 Å². The van der Waals surface area contributed by atoms with Gasteiger partial charge in [-0.05, 0) is 42.6 Å².